The van der Waals surface area contributed by atoms with Crippen LogP contribution in [-0.2, 0) is 16.1 Å². The Morgan fingerprint density at radius 3 is 2.40 bits per heavy atom. The highest BCUT2D eigenvalue weighted by molar-refractivity contribution is 7.07. The highest BCUT2D eigenvalue weighted by Crippen LogP contribution is 2.32. The van der Waals surface area contributed by atoms with Crippen LogP contribution < -0.4 is 29.1 Å². The van der Waals surface area contributed by atoms with Gasteiger partial charge >= 0.3 is 5.97 Å². The van der Waals surface area contributed by atoms with E-state index in [-0.39, 0.29) is 5.56 Å². The molecule has 0 radical (unpaired) electrons. The number of carbonyl (C=O) groups excluding carboxylic acids is 1. The van der Waals surface area contributed by atoms with Crippen molar-refractivity contribution >= 4 is 23.4 Å². The second-order valence-corrected chi connectivity index (χ2v) is 10.0. The van der Waals surface area contributed by atoms with Crippen molar-refractivity contribution in [3.63, 3.8) is 0 Å². The van der Waals surface area contributed by atoms with E-state index in [2.05, 4.69) is 4.99 Å². The number of allylic oxidation sites excluding steroid dienone is 1. The Balaban J connectivity index is 1.55. The number of aromatic nitrogens is 1. The lowest BCUT2D eigenvalue weighted by molar-refractivity contribution is -0.136. The number of nitrogens with zero attached hydrogens (tertiary/aromatic N) is 2. The molecule has 0 saturated heterocycles. The van der Waals surface area contributed by atoms with Crippen LogP contribution in [0, 0.1) is 0 Å². The molecule has 0 unspecified atom stereocenters. The molecule has 4 aromatic rings. The number of thiazole rings is 1. The van der Waals surface area contributed by atoms with Gasteiger partial charge in [0, 0.05) is 0 Å². The number of benzene rings is 3. The average molecular weight is 557 g/mol. The third kappa shape index (κ3) is 5.28. The van der Waals surface area contributed by atoms with Gasteiger partial charge in [-0.3, -0.25) is 9.36 Å². The van der Waals surface area contributed by atoms with Gasteiger partial charge in [-0.1, -0.05) is 59.9 Å². The molecule has 0 spiro atoms. The number of hydrogen-bond acceptors (Lipinski definition) is 8. The molecule has 0 amide bonds. The molecule has 1 aromatic heterocycles. The maximum Gasteiger partial charge on any atom is 0.338 e. The van der Waals surface area contributed by atoms with Crippen molar-refractivity contribution < 1.29 is 23.7 Å². The van der Waals surface area contributed by atoms with E-state index in [1.54, 1.807) is 43.9 Å². The van der Waals surface area contributed by atoms with Crippen LogP contribution in [0.5, 0.6) is 17.2 Å². The summed E-state index contributed by atoms with van der Waals surface area (Å²) in [4.78, 5) is 31.7. The summed E-state index contributed by atoms with van der Waals surface area (Å²) in [5.74, 6) is 1.29. The fourth-order valence-corrected chi connectivity index (χ4v) is 5.62. The summed E-state index contributed by atoms with van der Waals surface area (Å²) in [5.41, 5.74) is 3.10. The summed E-state index contributed by atoms with van der Waals surface area (Å²) in [7, 11) is 4.48. The van der Waals surface area contributed by atoms with Crippen LogP contribution in [0.25, 0.3) is 6.08 Å². The summed E-state index contributed by atoms with van der Waals surface area (Å²) >= 11 is 1.26. The largest absolute Gasteiger partial charge is 0.497 e. The smallest absolute Gasteiger partial charge is 0.338 e. The lowest BCUT2D eigenvalue weighted by Gasteiger charge is -2.24. The molecule has 2 heterocycles. The summed E-state index contributed by atoms with van der Waals surface area (Å²) in [5, 5.41) is 0. The molecule has 0 aliphatic carbocycles. The molecule has 0 N–H and O–H groups in total. The standard InChI is InChI=1S/C31H28N2O6S/c1-19-27(30(35)38-4)28(22-11-13-23(36-2)14-12-22)33-29(34)26(40-31(33)32-19)17-21-10-15-24(25(16-21)37-3)39-18-20-8-6-5-7-9-20/h5-17,28H,18H2,1-4H3/b26-17+/t28-/m0/s1. The van der Waals surface area contributed by atoms with Gasteiger partial charge in [-0.15, -0.1) is 0 Å². The number of ether oxygens (including phenoxy) is 4. The number of esters is 1. The predicted molar refractivity (Wildman–Crippen MR) is 153 cm³/mol. The van der Waals surface area contributed by atoms with E-state index >= 15 is 0 Å². The second kappa shape index (κ2) is 11.6. The van der Waals surface area contributed by atoms with Crippen molar-refractivity contribution in [2.75, 3.05) is 21.3 Å². The summed E-state index contributed by atoms with van der Waals surface area (Å²) in [6.45, 7) is 2.15. The Hall–Kier alpha value is -4.63. The fraction of sp³-hybridized carbons (Fsp3) is 0.194. The Morgan fingerprint density at radius 1 is 0.975 bits per heavy atom. The fourth-order valence-electron chi connectivity index (χ4n) is 4.57. The molecule has 5 rings (SSSR count). The first kappa shape index (κ1) is 27.0. The Morgan fingerprint density at radius 2 is 1.73 bits per heavy atom. The van der Waals surface area contributed by atoms with Crippen LogP contribution in [0.1, 0.15) is 29.7 Å². The van der Waals surface area contributed by atoms with Crippen LogP contribution in [0.3, 0.4) is 0 Å². The molecule has 1 aliphatic rings. The van der Waals surface area contributed by atoms with Gasteiger partial charge in [-0.25, -0.2) is 9.79 Å². The van der Waals surface area contributed by atoms with Gasteiger partial charge in [-0.05, 0) is 54.0 Å². The lowest BCUT2D eigenvalue weighted by atomic mass is 9.96. The van der Waals surface area contributed by atoms with E-state index < -0.39 is 12.0 Å². The zero-order chi connectivity index (χ0) is 28.2. The second-order valence-electron chi connectivity index (χ2n) is 9.03. The highest BCUT2D eigenvalue weighted by Gasteiger charge is 2.33. The molecule has 1 aliphatic heterocycles. The molecule has 8 nitrogen and oxygen atoms in total. The molecular formula is C31H28N2O6S. The van der Waals surface area contributed by atoms with Crippen molar-refractivity contribution in [2.24, 2.45) is 4.99 Å². The number of rotatable bonds is 8. The zero-order valence-corrected chi connectivity index (χ0v) is 23.4. The maximum atomic E-state index is 13.8. The highest BCUT2D eigenvalue weighted by atomic mass is 32.1. The van der Waals surface area contributed by atoms with Crippen LogP contribution in [0.4, 0.5) is 0 Å². The number of hydrogen-bond donors (Lipinski definition) is 0. The molecular weight excluding hydrogens is 528 g/mol. The van der Waals surface area contributed by atoms with E-state index in [0.29, 0.717) is 44.5 Å². The van der Waals surface area contributed by atoms with E-state index in [1.165, 1.54) is 18.4 Å². The molecule has 204 valence electrons. The Kier molecular flexibility index (Phi) is 7.84. The van der Waals surface area contributed by atoms with E-state index in [1.807, 2.05) is 60.7 Å². The number of carbonyl (C=O) groups is 1. The van der Waals surface area contributed by atoms with Crippen molar-refractivity contribution in [1.82, 2.24) is 4.57 Å². The van der Waals surface area contributed by atoms with E-state index in [9.17, 15) is 9.59 Å². The van der Waals surface area contributed by atoms with E-state index in [4.69, 9.17) is 18.9 Å². The predicted octanol–water partition coefficient (Wildman–Crippen LogP) is 4.00. The van der Waals surface area contributed by atoms with Gasteiger partial charge in [0.05, 0.1) is 43.2 Å². The van der Waals surface area contributed by atoms with Crippen LogP contribution in [-0.4, -0.2) is 31.9 Å². The van der Waals surface area contributed by atoms with Gasteiger partial charge in [0.15, 0.2) is 16.3 Å². The van der Waals surface area contributed by atoms with Gasteiger partial charge in [0.25, 0.3) is 5.56 Å². The molecule has 40 heavy (non-hydrogen) atoms. The topological polar surface area (TPSA) is 88.4 Å². The van der Waals surface area contributed by atoms with Crippen molar-refractivity contribution in [3.05, 3.63) is 120 Å². The van der Waals surface area contributed by atoms with Crippen LogP contribution in [0.15, 0.2) is 93.9 Å². The van der Waals surface area contributed by atoms with Gasteiger partial charge in [0.1, 0.15) is 12.4 Å². The van der Waals surface area contributed by atoms with Crippen LogP contribution in [0.2, 0.25) is 0 Å². The normalized spacial score (nSPS) is 14.8. The quantitative estimate of drug-likeness (QED) is 0.305. The summed E-state index contributed by atoms with van der Waals surface area (Å²) in [6, 6.07) is 21.9. The minimum absolute atomic E-state index is 0.262. The van der Waals surface area contributed by atoms with Crippen molar-refractivity contribution in [2.45, 2.75) is 19.6 Å². The number of fused-ring (bicyclic) bond motifs is 1. The maximum absolute atomic E-state index is 13.8. The Labute approximate surface area is 235 Å². The lowest BCUT2D eigenvalue weighted by Crippen LogP contribution is -2.39. The SMILES string of the molecule is COC(=O)C1=C(C)N=c2s/c(=C/c3ccc(OCc4ccccc4)c(OC)c3)c(=O)n2[C@H]1c1ccc(OC)cc1. The molecule has 0 fully saturated rings. The summed E-state index contributed by atoms with van der Waals surface area (Å²) in [6.07, 6.45) is 1.79. The first-order valence-corrected chi connectivity index (χ1v) is 13.3. The van der Waals surface area contributed by atoms with Gasteiger partial charge < -0.3 is 18.9 Å². The van der Waals surface area contributed by atoms with Gasteiger partial charge in [0.2, 0.25) is 0 Å². The minimum atomic E-state index is -0.694. The van der Waals surface area contributed by atoms with Crippen molar-refractivity contribution in [1.29, 1.82) is 0 Å². The third-order valence-electron chi connectivity index (χ3n) is 6.58. The van der Waals surface area contributed by atoms with Crippen molar-refractivity contribution in [3.8, 4) is 17.2 Å². The molecule has 0 saturated carbocycles. The monoisotopic (exact) mass is 556 g/mol. The molecule has 9 heteroatoms. The zero-order valence-electron chi connectivity index (χ0n) is 22.5. The molecule has 1 atom stereocenters. The summed E-state index contributed by atoms with van der Waals surface area (Å²) < 4.78 is 23.9. The third-order valence-corrected chi connectivity index (χ3v) is 7.56. The molecule has 0 bridgehead atoms. The van der Waals surface area contributed by atoms with Crippen LogP contribution >= 0.6 is 11.3 Å². The molecule has 3 aromatic carbocycles. The van der Waals surface area contributed by atoms with E-state index in [0.717, 1.165) is 16.7 Å². The van der Waals surface area contributed by atoms with Gasteiger partial charge in [-0.2, -0.15) is 0 Å². The Bertz CT molecular complexity index is 1750. The minimum Gasteiger partial charge on any atom is -0.497 e. The first-order chi connectivity index (χ1) is 19.4. The first-order valence-electron chi connectivity index (χ1n) is 12.5. The average Bonchev–Trinajstić information content (AvgIpc) is 3.29. The number of methoxy groups -OCH3 is 3.